The van der Waals surface area contributed by atoms with E-state index in [0.29, 0.717) is 0 Å². The second kappa shape index (κ2) is 4.66. The van der Waals surface area contributed by atoms with Crippen LogP contribution in [-0.2, 0) is 0 Å². The summed E-state index contributed by atoms with van der Waals surface area (Å²) in [5, 5.41) is 12.1. The lowest BCUT2D eigenvalue weighted by atomic mass is 10.1. The highest BCUT2D eigenvalue weighted by atomic mass is 35.5. The zero-order valence-corrected chi connectivity index (χ0v) is 9.86. The molecule has 1 heterocycles. The predicted molar refractivity (Wildman–Crippen MR) is 60.4 cm³/mol. The van der Waals surface area contributed by atoms with Gasteiger partial charge in [-0.3, -0.25) is 0 Å². The van der Waals surface area contributed by atoms with Crippen LogP contribution in [0.25, 0.3) is 11.3 Å². The number of carboxylic acid groups (broad SMARTS) is 1. The van der Waals surface area contributed by atoms with Gasteiger partial charge in [0.05, 0.1) is 17.7 Å². The molecule has 0 radical (unpaired) electrons. The summed E-state index contributed by atoms with van der Waals surface area (Å²) in [5.74, 6) is -2.11. The van der Waals surface area contributed by atoms with Crippen molar-refractivity contribution >= 4 is 17.6 Å². The number of rotatable bonds is 3. The third-order valence-corrected chi connectivity index (χ3v) is 2.57. The van der Waals surface area contributed by atoms with E-state index in [1.165, 1.54) is 19.2 Å². The minimum Gasteiger partial charge on any atom is -0.494 e. The van der Waals surface area contributed by atoms with E-state index in [0.717, 1.165) is 6.07 Å². The molecule has 0 saturated heterocycles. The molecule has 0 aliphatic heterocycles. The fraction of sp³-hybridized carbons (Fsp3) is 0.0909. The van der Waals surface area contributed by atoms with Crippen LogP contribution in [0.5, 0.6) is 5.75 Å². The zero-order chi connectivity index (χ0) is 13.3. The van der Waals surface area contributed by atoms with Crippen LogP contribution < -0.4 is 4.74 Å². The molecule has 2 rings (SSSR count). The molecular weight excluding hydrogens is 265 g/mol. The summed E-state index contributed by atoms with van der Waals surface area (Å²) in [6.45, 7) is 0. The second-order valence-electron chi connectivity index (χ2n) is 3.32. The van der Waals surface area contributed by atoms with Crippen molar-refractivity contribution in [3.63, 3.8) is 0 Å². The Morgan fingerprint density at radius 1 is 1.56 bits per heavy atom. The summed E-state index contributed by atoms with van der Waals surface area (Å²) in [5.41, 5.74) is -0.417. The Morgan fingerprint density at radius 3 is 2.83 bits per heavy atom. The normalized spacial score (nSPS) is 10.4. The summed E-state index contributed by atoms with van der Waals surface area (Å²) in [6, 6.07) is 3.86. The van der Waals surface area contributed by atoms with Gasteiger partial charge < -0.3 is 14.4 Å². The van der Waals surface area contributed by atoms with Gasteiger partial charge in [0, 0.05) is 6.07 Å². The number of nitrogens with zero attached hydrogens (tertiary/aromatic N) is 1. The van der Waals surface area contributed by atoms with E-state index < -0.39 is 11.8 Å². The average molecular weight is 272 g/mol. The first-order chi connectivity index (χ1) is 8.54. The van der Waals surface area contributed by atoms with Gasteiger partial charge in [-0.25, -0.2) is 9.18 Å². The van der Waals surface area contributed by atoms with E-state index in [4.69, 9.17) is 26.0 Å². The van der Waals surface area contributed by atoms with Gasteiger partial charge in [0.1, 0.15) is 0 Å². The molecule has 94 valence electrons. The fourth-order valence-electron chi connectivity index (χ4n) is 1.41. The molecule has 0 amide bonds. The third-order valence-electron chi connectivity index (χ3n) is 2.25. The van der Waals surface area contributed by atoms with E-state index >= 15 is 0 Å². The van der Waals surface area contributed by atoms with Crippen LogP contribution in [0.1, 0.15) is 10.5 Å². The Bertz CT molecular complexity index is 611. The van der Waals surface area contributed by atoms with Crippen molar-refractivity contribution < 1.29 is 23.6 Å². The summed E-state index contributed by atoms with van der Waals surface area (Å²) in [7, 11) is 1.30. The lowest BCUT2D eigenvalue weighted by Crippen LogP contribution is -1.95. The molecule has 5 nitrogen and oxygen atoms in total. The summed E-state index contributed by atoms with van der Waals surface area (Å²) >= 11 is 5.85. The van der Waals surface area contributed by atoms with Crippen LogP contribution in [0.15, 0.2) is 22.7 Å². The number of hydrogen-bond acceptors (Lipinski definition) is 4. The Kier molecular flexibility index (Phi) is 3.20. The fourth-order valence-corrected chi connectivity index (χ4v) is 1.65. The van der Waals surface area contributed by atoms with Crippen LogP contribution in [0.3, 0.4) is 0 Å². The minimum absolute atomic E-state index is 0.0253. The number of benzene rings is 1. The van der Waals surface area contributed by atoms with Crippen LogP contribution in [-0.4, -0.2) is 23.3 Å². The molecule has 0 bridgehead atoms. The van der Waals surface area contributed by atoms with Crippen molar-refractivity contribution in [3.8, 4) is 17.1 Å². The van der Waals surface area contributed by atoms with Gasteiger partial charge in [-0.05, 0) is 12.1 Å². The van der Waals surface area contributed by atoms with Gasteiger partial charge in [0.25, 0.3) is 0 Å². The maximum absolute atomic E-state index is 14.0. The van der Waals surface area contributed by atoms with Gasteiger partial charge in [-0.2, -0.15) is 0 Å². The van der Waals surface area contributed by atoms with E-state index in [1.54, 1.807) is 0 Å². The first-order valence-corrected chi connectivity index (χ1v) is 5.14. The molecule has 0 atom stereocenters. The molecule has 1 aromatic carbocycles. The lowest BCUT2D eigenvalue weighted by molar-refractivity contribution is 0.0686. The number of carbonyl (C=O) groups is 1. The molecule has 0 spiro atoms. The van der Waals surface area contributed by atoms with Crippen LogP contribution in [0, 0.1) is 5.82 Å². The van der Waals surface area contributed by atoms with Gasteiger partial charge in [0.15, 0.2) is 23.0 Å². The molecule has 0 unspecified atom stereocenters. The van der Waals surface area contributed by atoms with Gasteiger partial charge >= 0.3 is 5.97 Å². The van der Waals surface area contributed by atoms with Gasteiger partial charge in [-0.1, -0.05) is 16.8 Å². The Labute approximate surface area is 106 Å². The first kappa shape index (κ1) is 12.4. The number of halogens is 2. The second-order valence-corrected chi connectivity index (χ2v) is 3.73. The molecule has 18 heavy (non-hydrogen) atoms. The summed E-state index contributed by atoms with van der Waals surface area (Å²) in [4.78, 5) is 10.7. The van der Waals surface area contributed by atoms with Crippen molar-refractivity contribution in [2.24, 2.45) is 0 Å². The van der Waals surface area contributed by atoms with Crippen LogP contribution in [0.4, 0.5) is 4.39 Å². The van der Waals surface area contributed by atoms with E-state index in [-0.39, 0.29) is 27.8 Å². The number of methoxy groups -OCH3 is 1. The average Bonchev–Trinajstić information content (AvgIpc) is 2.79. The standard InChI is InChI=1S/C11H7ClFNO4/c1-17-7-3-2-5(12)9(10(7)13)8-4-6(11(15)16)14-18-8/h2-4H,1H3,(H,15,16). The van der Waals surface area contributed by atoms with Crippen molar-refractivity contribution in [1.82, 2.24) is 5.16 Å². The Balaban J connectivity index is 2.58. The predicted octanol–water partition coefficient (Wildman–Crippen LogP) is 2.84. The third kappa shape index (κ3) is 2.02. The van der Waals surface area contributed by atoms with Gasteiger partial charge in [-0.15, -0.1) is 0 Å². The van der Waals surface area contributed by atoms with Gasteiger partial charge in [0.2, 0.25) is 0 Å². The molecule has 0 saturated carbocycles. The highest BCUT2D eigenvalue weighted by Crippen LogP contribution is 2.35. The SMILES string of the molecule is COc1ccc(Cl)c(-c2cc(C(=O)O)no2)c1F. The van der Waals surface area contributed by atoms with Crippen LogP contribution >= 0.6 is 11.6 Å². The molecular formula is C11H7ClFNO4. The molecule has 1 N–H and O–H groups in total. The van der Waals surface area contributed by atoms with E-state index in [1.807, 2.05) is 0 Å². The van der Waals surface area contributed by atoms with E-state index in [9.17, 15) is 9.18 Å². The monoisotopic (exact) mass is 271 g/mol. The summed E-state index contributed by atoms with van der Waals surface area (Å²) < 4.78 is 23.6. The molecule has 0 fully saturated rings. The van der Waals surface area contributed by atoms with Crippen molar-refractivity contribution in [2.45, 2.75) is 0 Å². The van der Waals surface area contributed by atoms with Crippen molar-refractivity contribution in [2.75, 3.05) is 7.11 Å². The number of ether oxygens (including phenoxy) is 1. The number of aromatic carboxylic acids is 1. The van der Waals surface area contributed by atoms with Crippen molar-refractivity contribution in [1.29, 1.82) is 0 Å². The van der Waals surface area contributed by atoms with Crippen LogP contribution in [0.2, 0.25) is 5.02 Å². The lowest BCUT2D eigenvalue weighted by Gasteiger charge is -2.06. The molecule has 2 aromatic rings. The molecule has 0 aliphatic rings. The molecule has 7 heteroatoms. The molecule has 0 aliphatic carbocycles. The smallest absolute Gasteiger partial charge is 0.358 e. The van der Waals surface area contributed by atoms with E-state index in [2.05, 4.69) is 5.16 Å². The Morgan fingerprint density at radius 2 is 2.28 bits per heavy atom. The highest BCUT2D eigenvalue weighted by Gasteiger charge is 2.20. The number of hydrogen-bond donors (Lipinski definition) is 1. The quantitative estimate of drug-likeness (QED) is 0.929. The maximum Gasteiger partial charge on any atom is 0.358 e. The zero-order valence-electron chi connectivity index (χ0n) is 9.11. The molecule has 1 aromatic heterocycles. The van der Waals surface area contributed by atoms with Crippen molar-refractivity contribution in [3.05, 3.63) is 34.7 Å². The maximum atomic E-state index is 14.0. The largest absolute Gasteiger partial charge is 0.494 e. The number of aromatic nitrogens is 1. The topological polar surface area (TPSA) is 72.6 Å². The Hall–Kier alpha value is -2.08. The minimum atomic E-state index is -1.27. The highest BCUT2D eigenvalue weighted by molar-refractivity contribution is 6.33. The summed E-state index contributed by atoms with van der Waals surface area (Å²) in [6.07, 6.45) is 0. The first-order valence-electron chi connectivity index (χ1n) is 4.77. The number of carboxylic acids is 1.